The molecule has 3 heterocycles. The summed E-state index contributed by atoms with van der Waals surface area (Å²) in [6.07, 6.45) is 4.52. The third-order valence-electron chi connectivity index (χ3n) is 4.25. The Kier molecular flexibility index (Phi) is 4.49. The smallest absolute Gasteiger partial charge is 0.226 e. The van der Waals surface area contributed by atoms with Gasteiger partial charge in [0.2, 0.25) is 5.91 Å². The summed E-state index contributed by atoms with van der Waals surface area (Å²) in [4.78, 5) is 26.7. The van der Waals surface area contributed by atoms with Gasteiger partial charge in [-0.25, -0.2) is 19.6 Å². The van der Waals surface area contributed by atoms with Gasteiger partial charge < -0.3 is 10.2 Å². The molecule has 132 valence electrons. The van der Waals surface area contributed by atoms with Gasteiger partial charge in [0.15, 0.2) is 5.82 Å². The minimum Gasteiger partial charge on any atom is -0.355 e. The second kappa shape index (κ2) is 7.09. The molecule has 0 bridgehead atoms. The Balaban J connectivity index is 1.31. The van der Waals surface area contributed by atoms with E-state index in [0.717, 1.165) is 11.4 Å². The first kappa shape index (κ1) is 16.5. The molecule has 0 unspecified atom stereocenters. The molecule has 8 nitrogen and oxygen atoms in total. The van der Waals surface area contributed by atoms with Gasteiger partial charge in [0.25, 0.3) is 0 Å². The summed E-state index contributed by atoms with van der Waals surface area (Å²) >= 11 is 5.86. The second-order valence-electron chi connectivity index (χ2n) is 6.02. The third kappa shape index (κ3) is 3.50. The maximum atomic E-state index is 12.3. The summed E-state index contributed by atoms with van der Waals surface area (Å²) in [6, 6.07) is 9.27. The van der Waals surface area contributed by atoms with Crippen LogP contribution in [0.3, 0.4) is 0 Å². The van der Waals surface area contributed by atoms with Crippen LogP contribution in [-0.4, -0.2) is 43.7 Å². The van der Waals surface area contributed by atoms with E-state index in [4.69, 9.17) is 11.6 Å². The van der Waals surface area contributed by atoms with Gasteiger partial charge in [-0.3, -0.25) is 4.79 Å². The fraction of sp³-hybridized carbons (Fsp3) is 0.235. The molecule has 1 saturated heterocycles. The monoisotopic (exact) mass is 369 g/mol. The molecule has 1 amide bonds. The molecule has 3 aromatic rings. The van der Waals surface area contributed by atoms with Crippen LogP contribution in [0.2, 0.25) is 5.02 Å². The van der Waals surface area contributed by atoms with Crippen LogP contribution in [0.4, 0.5) is 5.82 Å². The standard InChI is InChI=1S/C17H16ClN7O/c18-14-3-1-12(2-4-14)6-20-17(26)13-7-24(8-13)15-5-16(22-10-21-15)25-11-19-9-23-25/h1-5,9-11,13H,6-8H2,(H,20,26). The lowest BCUT2D eigenvalue weighted by molar-refractivity contribution is -0.125. The number of halogens is 1. The molecule has 0 saturated carbocycles. The van der Waals surface area contributed by atoms with Gasteiger partial charge in [0.05, 0.1) is 5.92 Å². The summed E-state index contributed by atoms with van der Waals surface area (Å²) in [6.45, 7) is 1.75. The zero-order chi connectivity index (χ0) is 17.9. The Labute approximate surface area is 154 Å². The Bertz CT molecular complexity index is 892. The summed E-state index contributed by atoms with van der Waals surface area (Å²) in [5.74, 6) is 1.41. The van der Waals surface area contributed by atoms with Crippen LogP contribution in [0, 0.1) is 5.92 Å². The fourth-order valence-electron chi connectivity index (χ4n) is 2.73. The number of nitrogens with zero attached hydrogens (tertiary/aromatic N) is 6. The normalized spacial score (nSPS) is 14.1. The van der Waals surface area contributed by atoms with E-state index in [1.165, 1.54) is 12.7 Å². The van der Waals surface area contributed by atoms with E-state index >= 15 is 0 Å². The molecule has 0 spiro atoms. The van der Waals surface area contributed by atoms with Crippen molar-refractivity contribution < 1.29 is 4.79 Å². The lowest BCUT2D eigenvalue weighted by Gasteiger charge is -2.39. The second-order valence-corrected chi connectivity index (χ2v) is 6.46. The Morgan fingerprint density at radius 1 is 1.15 bits per heavy atom. The number of aromatic nitrogens is 5. The molecule has 0 radical (unpaired) electrons. The topological polar surface area (TPSA) is 88.8 Å². The van der Waals surface area contributed by atoms with Crippen molar-refractivity contribution in [2.24, 2.45) is 5.92 Å². The molecule has 0 aliphatic carbocycles. The zero-order valence-electron chi connectivity index (χ0n) is 13.8. The van der Waals surface area contributed by atoms with E-state index in [1.807, 2.05) is 35.2 Å². The number of hydrogen-bond acceptors (Lipinski definition) is 6. The average molecular weight is 370 g/mol. The van der Waals surface area contributed by atoms with Gasteiger partial charge in [-0.2, -0.15) is 5.10 Å². The van der Waals surface area contributed by atoms with Gasteiger partial charge in [-0.05, 0) is 17.7 Å². The van der Waals surface area contributed by atoms with Crippen molar-refractivity contribution >= 4 is 23.3 Å². The summed E-state index contributed by atoms with van der Waals surface area (Å²) < 4.78 is 1.57. The zero-order valence-corrected chi connectivity index (χ0v) is 14.5. The number of anilines is 1. The van der Waals surface area contributed by atoms with Crippen molar-refractivity contribution in [1.29, 1.82) is 0 Å². The van der Waals surface area contributed by atoms with Crippen LogP contribution in [-0.2, 0) is 11.3 Å². The van der Waals surface area contributed by atoms with E-state index in [9.17, 15) is 4.79 Å². The molecule has 1 aliphatic heterocycles. The van der Waals surface area contributed by atoms with Crippen LogP contribution in [0.5, 0.6) is 0 Å². The summed E-state index contributed by atoms with van der Waals surface area (Å²) in [5.41, 5.74) is 1.02. The quantitative estimate of drug-likeness (QED) is 0.732. The summed E-state index contributed by atoms with van der Waals surface area (Å²) in [7, 11) is 0. The molecule has 0 atom stereocenters. The third-order valence-corrected chi connectivity index (χ3v) is 4.50. The first-order valence-corrected chi connectivity index (χ1v) is 8.51. The summed E-state index contributed by atoms with van der Waals surface area (Å²) in [5, 5.41) is 7.70. The van der Waals surface area contributed by atoms with Gasteiger partial charge >= 0.3 is 0 Å². The van der Waals surface area contributed by atoms with Crippen LogP contribution in [0.15, 0.2) is 49.3 Å². The SMILES string of the molecule is O=C(NCc1ccc(Cl)cc1)C1CN(c2cc(-n3cncn3)ncn2)C1. The first-order valence-electron chi connectivity index (χ1n) is 8.13. The first-order chi connectivity index (χ1) is 12.7. The van der Waals surface area contributed by atoms with Gasteiger partial charge in [-0.1, -0.05) is 23.7 Å². The van der Waals surface area contributed by atoms with E-state index in [2.05, 4.69) is 25.4 Å². The molecular weight excluding hydrogens is 354 g/mol. The maximum absolute atomic E-state index is 12.3. The van der Waals surface area contributed by atoms with E-state index in [1.54, 1.807) is 11.0 Å². The molecule has 1 fully saturated rings. The van der Waals surface area contributed by atoms with Crippen molar-refractivity contribution in [2.75, 3.05) is 18.0 Å². The van der Waals surface area contributed by atoms with Crippen molar-refractivity contribution in [3.63, 3.8) is 0 Å². The predicted molar refractivity (Wildman–Crippen MR) is 96.0 cm³/mol. The van der Waals surface area contributed by atoms with E-state index < -0.39 is 0 Å². The van der Waals surface area contributed by atoms with Crippen LogP contribution >= 0.6 is 11.6 Å². The van der Waals surface area contributed by atoms with Gasteiger partial charge in [0, 0.05) is 30.7 Å². The minimum absolute atomic E-state index is 0.0433. The number of hydrogen-bond donors (Lipinski definition) is 1. The number of carbonyl (C=O) groups is 1. The number of rotatable bonds is 5. The highest BCUT2D eigenvalue weighted by atomic mass is 35.5. The number of amides is 1. The van der Waals surface area contributed by atoms with Crippen LogP contribution < -0.4 is 10.2 Å². The maximum Gasteiger partial charge on any atom is 0.226 e. The molecule has 1 aliphatic rings. The van der Waals surface area contributed by atoms with E-state index in [-0.39, 0.29) is 11.8 Å². The highest BCUT2D eigenvalue weighted by Crippen LogP contribution is 2.23. The molecule has 2 aromatic heterocycles. The number of carbonyl (C=O) groups excluding carboxylic acids is 1. The van der Waals surface area contributed by atoms with Crippen molar-refractivity contribution in [2.45, 2.75) is 6.54 Å². The molecule has 26 heavy (non-hydrogen) atoms. The molecule has 1 N–H and O–H groups in total. The lowest BCUT2D eigenvalue weighted by Crippen LogP contribution is -2.54. The minimum atomic E-state index is -0.0490. The highest BCUT2D eigenvalue weighted by molar-refractivity contribution is 6.30. The largest absolute Gasteiger partial charge is 0.355 e. The lowest BCUT2D eigenvalue weighted by atomic mass is 9.99. The number of nitrogens with one attached hydrogen (secondary N) is 1. The molecule has 9 heteroatoms. The Morgan fingerprint density at radius 3 is 2.65 bits per heavy atom. The fourth-order valence-corrected chi connectivity index (χ4v) is 2.86. The van der Waals surface area contributed by atoms with Crippen LogP contribution in [0.25, 0.3) is 5.82 Å². The molecule has 1 aromatic carbocycles. The van der Waals surface area contributed by atoms with E-state index in [0.29, 0.717) is 30.5 Å². The van der Waals surface area contributed by atoms with Crippen LogP contribution in [0.1, 0.15) is 5.56 Å². The van der Waals surface area contributed by atoms with Gasteiger partial charge in [-0.15, -0.1) is 0 Å². The average Bonchev–Trinajstić information content (AvgIpc) is 3.15. The van der Waals surface area contributed by atoms with Crippen molar-refractivity contribution in [3.05, 3.63) is 59.9 Å². The highest BCUT2D eigenvalue weighted by Gasteiger charge is 2.33. The predicted octanol–water partition coefficient (Wildman–Crippen LogP) is 1.46. The van der Waals surface area contributed by atoms with Crippen molar-refractivity contribution in [3.8, 4) is 5.82 Å². The Hall–Kier alpha value is -3.00. The molecular formula is C17H16ClN7O. The molecule has 4 rings (SSSR count). The van der Waals surface area contributed by atoms with Crippen molar-refractivity contribution in [1.82, 2.24) is 30.0 Å². The Morgan fingerprint density at radius 2 is 1.92 bits per heavy atom. The number of benzene rings is 1. The van der Waals surface area contributed by atoms with Gasteiger partial charge in [0.1, 0.15) is 24.8 Å².